The zero-order chi connectivity index (χ0) is 19.2. The molecule has 1 amide bonds. The van der Waals surface area contributed by atoms with E-state index in [1.54, 1.807) is 23.0 Å². The highest BCUT2D eigenvalue weighted by molar-refractivity contribution is 6.30. The summed E-state index contributed by atoms with van der Waals surface area (Å²) in [5.74, 6) is -0.305. The Balaban J connectivity index is 2.03. The summed E-state index contributed by atoms with van der Waals surface area (Å²) in [6.07, 6.45) is 1.16. The fourth-order valence-electron chi connectivity index (χ4n) is 2.46. The maximum Gasteiger partial charge on any atom is 0.274 e. The first-order chi connectivity index (χ1) is 12.4. The monoisotopic (exact) mass is 380 g/mol. The summed E-state index contributed by atoms with van der Waals surface area (Å²) >= 11 is 5.92. The molecule has 1 aromatic heterocycles. The van der Waals surface area contributed by atoms with E-state index >= 15 is 0 Å². The van der Waals surface area contributed by atoms with Crippen molar-refractivity contribution in [3.8, 4) is 0 Å². The van der Waals surface area contributed by atoms with Gasteiger partial charge < -0.3 is 14.8 Å². The third-order valence-corrected chi connectivity index (χ3v) is 4.06. The first-order valence-corrected chi connectivity index (χ1v) is 8.95. The van der Waals surface area contributed by atoms with E-state index in [4.69, 9.17) is 21.1 Å². The molecule has 0 saturated carbocycles. The normalized spacial score (nSPS) is 11.8. The molecule has 0 atom stereocenters. The molecule has 26 heavy (non-hydrogen) atoms. The Kier molecular flexibility index (Phi) is 7.14. The van der Waals surface area contributed by atoms with E-state index < -0.39 is 11.8 Å². The minimum Gasteiger partial charge on any atom is -0.351 e. The van der Waals surface area contributed by atoms with Crippen LogP contribution in [0.4, 0.5) is 0 Å². The first kappa shape index (κ1) is 20.4. The van der Waals surface area contributed by atoms with Crippen LogP contribution in [0.15, 0.2) is 30.5 Å². The Morgan fingerprint density at radius 1 is 1.23 bits per heavy atom. The summed E-state index contributed by atoms with van der Waals surface area (Å²) in [4.78, 5) is 12.5. The number of halogens is 1. The number of carbonyl (C=O) groups is 1. The molecule has 1 aromatic carbocycles. The number of carbonyl (C=O) groups excluding carboxylic acids is 1. The zero-order valence-corrected chi connectivity index (χ0v) is 16.3. The van der Waals surface area contributed by atoms with E-state index in [2.05, 4.69) is 15.6 Å². The van der Waals surface area contributed by atoms with Gasteiger partial charge in [-0.05, 0) is 45.4 Å². The van der Waals surface area contributed by atoms with Crippen molar-refractivity contribution in [2.24, 2.45) is 0 Å². The number of ether oxygens (including phenoxy) is 2. The van der Waals surface area contributed by atoms with Crippen LogP contribution in [0.2, 0.25) is 5.02 Å². The molecule has 142 valence electrons. The maximum atomic E-state index is 12.5. The van der Waals surface area contributed by atoms with Gasteiger partial charge in [0.1, 0.15) is 0 Å². The van der Waals surface area contributed by atoms with E-state index in [0.717, 1.165) is 5.56 Å². The molecule has 1 heterocycles. The molecular formula is C18H25ClN4O3. The Labute approximate surface area is 158 Å². The van der Waals surface area contributed by atoms with Crippen molar-refractivity contribution in [2.75, 3.05) is 13.2 Å². The van der Waals surface area contributed by atoms with Crippen LogP contribution in [0, 0.1) is 0 Å². The number of nitrogens with zero attached hydrogens (tertiary/aromatic N) is 3. The SMILES string of the molecule is CCOC(Cn1cc(C(=O)NC(C)(C)c2ccc(Cl)cc2)nn1)OCC. The lowest BCUT2D eigenvalue weighted by molar-refractivity contribution is -0.145. The topological polar surface area (TPSA) is 78.3 Å². The summed E-state index contributed by atoms with van der Waals surface area (Å²) in [7, 11) is 0. The molecular weight excluding hydrogens is 356 g/mol. The fourth-order valence-corrected chi connectivity index (χ4v) is 2.58. The van der Waals surface area contributed by atoms with Crippen molar-refractivity contribution in [1.29, 1.82) is 0 Å². The van der Waals surface area contributed by atoms with Gasteiger partial charge in [0.15, 0.2) is 12.0 Å². The van der Waals surface area contributed by atoms with Crippen LogP contribution in [-0.2, 0) is 21.6 Å². The Hall–Kier alpha value is -1.96. The highest BCUT2D eigenvalue weighted by Crippen LogP contribution is 2.22. The number of benzene rings is 1. The van der Waals surface area contributed by atoms with Crippen LogP contribution >= 0.6 is 11.6 Å². The second-order valence-electron chi connectivity index (χ2n) is 6.25. The molecule has 0 fully saturated rings. The van der Waals surface area contributed by atoms with Crippen LogP contribution in [0.25, 0.3) is 0 Å². The van der Waals surface area contributed by atoms with Gasteiger partial charge in [0.05, 0.1) is 18.3 Å². The van der Waals surface area contributed by atoms with Crippen molar-refractivity contribution in [3.63, 3.8) is 0 Å². The molecule has 0 unspecified atom stereocenters. The first-order valence-electron chi connectivity index (χ1n) is 8.57. The fraction of sp³-hybridized carbons (Fsp3) is 0.500. The lowest BCUT2D eigenvalue weighted by atomic mass is 9.94. The summed E-state index contributed by atoms with van der Waals surface area (Å²) in [6, 6.07) is 7.35. The van der Waals surface area contributed by atoms with Crippen molar-refractivity contribution in [3.05, 3.63) is 46.7 Å². The summed E-state index contributed by atoms with van der Waals surface area (Å²) in [5.41, 5.74) is 0.596. The van der Waals surface area contributed by atoms with Crippen molar-refractivity contribution in [2.45, 2.75) is 46.1 Å². The lowest BCUT2D eigenvalue weighted by Gasteiger charge is -2.26. The highest BCUT2D eigenvalue weighted by atomic mass is 35.5. The molecule has 0 saturated heterocycles. The molecule has 1 N–H and O–H groups in total. The van der Waals surface area contributed by atoms with Crippen molar-refractivity contribution < 1.29 is 14.3 Å². The maximum absolute atomic E-state index is 12.5. The molecule has 0 radical (unpaired) electrons. The van der Waals surface area contributed by atoms with Gasteiger partial charge in [0.2, 0.25) is 0 Å². The van der Waals surface area contributed by atoms with E-state index in [-0.39, 0.29) is 11.6 Å². The Morgan fingerprint density at radius 3 is 2.42 bits per heavy atom. The minimum absolute atomic E-state index is 0.235. The largest absolute Gasteiger partial charge is 0.351 e. The van der Waals surface area contributed by atoms with Crippen molar-refractivity contribution >= 4 is 17.5 Å². The Bertz CT molecular complexity index is 709. The predicted octanol–water partition coefficient (Wildman–Crippen LogP) is 3.00. The van der Waals surface area contributed by atoms with Gasteiger partial charge in [-0.2, -0.15) is 0 Å². The summed E-state index contributed by atoms with van der Waals surface area (Å²) in [6.45, 7) is 9.04. The number of hydrogen-bond donors (Lipinski definition) is 1. The van der Waals surface area contributed by atoms with Crippen molar-refractivity contribution in [1.82, 2.24) is 20.3 Å². The van der Waals surface area contributed by atoms with Gasteiger partial charge >= 0.3 is 0 Å². The van der Waals surface area contributed by atoms with Gasteiger partial charge in [-0.15, -0.1) is 5.10 Å². The number of rotatable bonds is 9. The number of amides is 1. The average molecular weight is 381 g/mol. The second kappa shape index (κ2) is 9.12. The van der Waals surface area contributed by atoms with Crippen LogP contribution in [0.5, 0.6) is 0 Å². The quantitative estimate of drug-likeness (QED) is 0.676. The van der Waals surface area contributed by atoms with Gasteiger partial charge in [0.25, 0.3) is 5.91 Å². The van der Waals surface area contributed by atoms with Crippen LogP contribution in [0.3, 0.4) is 0 Å². The molecule has 2 rings (SSSR count). The number of hydrogen-bond acceptors (Lipinski definition) is 5. The Morgan fingerprint density at radius 2 is 1.85 bits per heavy atom. The van der Waals surface area contributed by atoms with Crippen LogP contribution < -0.4 is 5.32 Å². The molecule has 0 aliphatic heterocycles. The van der Waals surface area contributed by atoms with E-state index in [1.807, 2.05) is 39.8 Å². The lowest BCUT2D eigenvalue weighted by Crippen LogP contribution is -2.41. The summed E-state index contributed by atoms with van der Waals surface area (Å²) in [5, 5.41) is 11.5. The molecule has 7 nitrogen and oxygen atoms in total. The standard InChI is InChI=1S/C18H25ClN4O3/c1-5-25-16(26-6-2)12-23-11-15(21-22-23)17(24)20-18(3,4)13-7-9-14(19)10-8-13/h7-11,16H,5-6,12H2,1-4H3,(H,20,24). The second-order valence-corrected chi connectivity index (χ2v) is 6.69. The predicted molar refractivity (Wildman–Crippen MR) is 99.0 cm³/mol. The third-order valence-electron chi connectivity index (χ3n) is 3.80. The molecule has 2 aromatic rings. The van der Waals surface area contributed by atoms with Crippen LogP contribution in [0.1, 0.15) is 43.7 Å². The minimum atomic E-state index is -0.579. The van der Waals surface area contributed by atoms with Gasteiger partial charge in [-0.3, -0.25) is 4.79 Å². The van der Waals surface area contributed by atoms with Gasteiger partial charge in [-0.1, -0.05) is 28.9 Å². The van der Waals surface area contributed by atoms with E-state index in [1.165, 1.54) is 0 Å². The van der Waals surface area contributed by atoms with E-state index in [9.17, 15) is 4.79 Å². The number of aromatic nitrogens is 3. The molecule has 0 bridgehead atoms. The molecule has 0 aliphatic carbocycles. The third kappa shape index (κ3) is 5.52. The summed E-state index contributed by atoms with van der Waals surface area (Å²) < 4.78 is 12.5. The highest BCUT2D eigenvalue weighted by Gasteiger charge is 2.25. The number of nitrogens with one attached hydrogen (secondary N) is 1. The molecule has 0 spiro atoms. The van der Waals surface area contributed by atoms with Crippen LogP contribution in [-0.4, -0.2) is 40.4 Å². The smallest absolute Gasteiger partial charge is 0.274 e. The molecule has 0 aliphatic rings. The van der Waals surface area contributed by atoms with Gasteiger partial charge in [0, 0.05) is 18.2 Å². The zero-order valence-electron chi connectivity index (χ0n) is 15.5. The van der Waals surface area contributed by atoms with E-state index in [0.29, 0.717) is 24.8 Å². The molecule has 8 heteroatoms. The average Bonchev–Trinajstić information content (AvgIpc) is 3.04. The van der Waals surface area contributed by atoms with Gasteiger partial charge in [-0.25, -0.2) is 4.68 Å².